The van der Waals surface area contributed by atoms with Crippen molar-refractivity contribution < 1.29 is 13.2 Å². The highest BCUT2D eigenvalue weighted by Crippen LogP contribution is 2.39. The third-order valence-electron chi connectivity index (χ3n) is 3.67. The number of hydrogen-bond acceptors (Lipinski definition) is 2. The molecule has 1 aromatic carbocycles. The molecule has 2 nitrogen and oxygen atoms in total. The van der Waals surface area contributed by atoms with Crippen molar-refractivity contribution in [3.63, 3.8) is 0 Å². The molecule has 1 heterocycles. The van der Waals surface area contributed by atoms with Crippen molar-refractivity contribution in [3.8, 4) is 6.07 Å². The number of rotatable bonds is 3. The fourth-order valence-electron chi connectivity index (χ4n) is 2.71. The quantitative estimate of drug-likeness (QED) is 0.816. The monoisotopic (exact) mass is 312 g/mol. The number of halogens is 3. The zero-order valence-corrected chi connectivity index (χ0v) is 12.6. The number of nitriles is 1. The van der Waals surface area contributed by atoms with Gasteiger partial charge in [-0.2, -0.15) is 31.1 Å². The van der Waals surface area contributed by atoms with Gasteiger partial charge in [0, 0.05) is 28.4 Å². The summed E-state index contributed by atoms with van der Waals surface area (Å²) >= 11 is 4.28. The number of hydrogen-bond donors (Lipinski definition) is 1. The Kier molecular flexibility index (Phi) is 4.24. The van der Waals surface area contributed by atoms with Crippen LogP contribution in [0.15, 0.2) is 18.2 Å². The predicted octanol–water partition coefficient (Wildman–Crippen LogP) is 4.72. The van der Waals surface area contributed by atoms with Crippen LogP contribution in [-0.4, -0.2) is 10.3 Å². The van der Waals surface area contributed by atoms with Crippen LogP contribution in [-0.2, 0) is 6.18 Å². The van der Waals surface area contributed by atoms with Gasteiger partial charge in [0.05, 0.1) is 17.2 Å². The number of nitrogens with zero attached hydrogens (tertiary/aromatic N) is 2. The molecule has 0 amide bonds. The molecule has 6 heteroatoms. The second-order valence-corrected chi connectivity index (χ2v) is 5.30. The minimum Gasteiger partial charge on any atom is -0.341 e. The Labute approximate surface area is 126 Å². The van der Waals surface area contributed by atoms with Crippen LogP contribution in [0.2, 0.25) is 0 Å². The van der Waals surface area contributed by atoms with E-state index >= 15 is 0 Å². The Morgan fingerprint density at radius 1 is 1.38 bits per heavy atom. The van der Waals surface area contributed by atoms with Crippen LogP contribution < -0.4 is 0 Å². The topological polar surface area (TPSA) is 28.7 Å². The molecule has 1 aromatic heterocycles. The predicted molar refractivity (Wildman–Crippen MR) is 79.6 cm³/mol. The highest BCUT2D eigenvalue weighted by atomic mass is 32.1. The summed E-state index contributed by atoms with van der Waals surface area (Å²) in [5.41, 5.74) is 0.0515. The van der Waals surface area contributed by atoms with Crippen molar-refractivity contribution in [2.45, 2.75) is 32.5 Å². The lowest BCUT2D eigenvalue weighted by atomic mass is 10.0. The number of fused-ring (bicyclic) bond motifs is 1. The van der Waals surface area contributed by atoms with Gasteiger partial charge < -0.3 is 4.57 Å². The summed E-state index contributed by atoms with van der Waals surface area (Å²) < 4.78 is 41.8. The van der Waals surface area contributed by atoms with E-state index in [1.807, 2.05) is 11.5 Å². The molecule has 21 heavy (non-hydrogen) atoms. The minimum atomic E-state index is -4.55. The molecule has 1 atom stereocenters. The molecule has 1 unspecified atom stereocenters. The SMILES string of the molecule is CCC(CS)n1c(C)cc2c(C(F)(F)F)c(C#N)ccc21. The smallest absolute Gasteiger partial charge is 0.341 e. The van der Waals surface area contributed by atoms with Crippen LogP contribution in [0.25, 0.3) is 10.9 Å². The molecule has 0 saturated carbocycles. The molecular formula is C15H15F3N2S. The fraction of sp³-hybridized carbons (Fsp3) is 0.400. The Morgan fingerprint density at radius 3 is 2.52 bits per heavy atom. The van der Waals surface area contributed by atoms with Crippen molar-refractivity contribution in [3.05, 3.63) is 35.0 Å². The number of aromatic nitrogens is 1. The summed E-state index contributed by atoms with van der Waals surface area (Å²) in [7, 11) is 0. The molecule has 0 aliphatic carbocycles. The van der Waals surface area contributed by atoms with Crippen LogP contribution in [0.3, 0.4) is 0 Å². The Balaban J connectivity index is 2.85. The van der Waals surface area contributed by atoms with Gasteiger partial charge in [-0.3, -0.25) is 0 Å². The van der Waals surface area contributed by atoms with Gasteiger partial charge in [0.1, 0.15) is 0 Å². The first-order valence-electron chi connectivity index (χ1n) is 6.57. The summed E-state index contributed by atoms with van der Waals surface area (Å²) in [6.07, 6.45) is -3.78. The van der Waals surface area contributed by atoms with Gasteiger partial charge in [0.15, 0.2) is 0 Å². The Morgan fingerprint density at radius 2 is 2.05 bits per heavy atom. The van der Waals surface area contributed by atoms with E-state index in [1.165, 1.54) is 12.1 Å². The summed E-state index contributed by atoms with van der Waals surface area (Å²) in [5.74, 6) is 0.544. The largest absolute Gasteiger partial charge is 0.418 e. The highest BCUT2D eigenvalue weighted by molar-refractivity contribution is 7.80. The van der Waals surface area contributed by atoms with Gasteiger partial charge in [-0.15, -0.1) is 0 Å². The molecule has 2 aromatic rings. The molecular weight excluding hydrogens is 297 g/mol. The standard InChI is InChI=1S/C15H15F3N2S/c1-3-11(8-21)20-9(2)6-12-13(20)5-4-10(7-19)14(12)15(16,17)18/h4-6,11,21H,3,8H2,1-2H3. The maximum Gasteiger partial charge on any atom is 0.418 e. The average molecular weight is 312 g/mol. The summed E-state index contributed by atoms with van der Waals surface area (Å²) in [4.78, 5) is 0. The lowest BCUT2D eigenvalue weighted by Gasteiger charge is -2.19. The van der Waals surface area contributed by atoms with Crippen LogP contribution in [0.1, 0.15) is 36.2 Å². The molecule has 2 rings (SSSR count). The second-order valence-electron chi connectivity index (χ2n) is 4.93. The molecule has 112 valence electrons. The number of benzene rings is 1. The minimum absolute atomic E-state index is 0.0276. The number of alkyl halides is 3. The van der Waals surface area contributed by atoms with Crippen molar-refractivity contribution >= 4 is 23.5 Å². The van der Waals surface area contributed by atoms with Crippen molar-refractivity contribution in [2.24, 2.45) is 0 Å². The van der Waals surface area contributed by atoms with E-state index in [4.69, 9.17) is 5.26 Å². The van der Waals surface area contributed by atoms with Crippen molar-refractivity contribution in [2.75, 3.05) is 5.75 Å². The normalized spacial score (nSPS) is 13.4. The van der Waals surface area contributed by atoms with Crippen molar-refractivity contribution in [1.82, 2.24) is 4.57 Å². The molecule has 0 bridgehead atoms. The van der Waals surface area contributed by atoms with Crippen LogP contribution >= 0.6 is 12.6 Å². The number of aryl methyl sites for hydroxylation is 1. The molecule has 0 fully saturated rings. The molecule has 0 aliphatic heterocycles. The third kappa shape index (κ3) is 2.62. The lowest BCUT2D eigenvalue weighted by Crippen LogP contribution is -2.12. The van der Waals surface area contributed by atoms with E-state index in [9.17, 15) is 13.2 Å². The van der Waals surface area contributed by atoms with Crippen LogP contribution in [0.4, 0.5) is 13.2 Å². The molecule has 0 spiro atoms. The van der Waals surface area contributed by atoms with Gasteiger partial charge >= 0.3 is 6.18 Å². The summed E-state index contributed by atoms with van der Waals surface area (Å²) in [6, 6.07) is 6.00. The highest BCUT2D eigenvalue weighted by Gasteiger charge is 2.36. The first-order chi connectivity index (χ1) is 9.85. The first-order valence-corrected chi connectivity index (χ1v) is 7.21. The summed E-state index contributed by atoms with van der Waals surface area (Å²) in [6.45, 7) is 3.75. The zero-order chi connectivity index (χ0) is 15.8. The fourth-order valence-corrected chi connectivity index (χ4v) is 3.13. The molecule has 0 saturated heterocycles. The van der Waals surface area contributed by atoms with E-state index in [2.05, 4.69) is 12.6 Å². The maximum atomic E-state index is 13.3. The lowest BCUT2D eigenvalue weighted by molar-refractivity contribution is -0.136. The summed E-state index contributed by atoms with van der Waals surface area (Å²) in [5, 5.41) is 9.03. The average Bonchev–Trinajstić information content (AvgIpc) is 2.74. The zero-order valence-electron chi connectivity index (χ0n) is 11.7. The maximum absolute atomic E-state index is 13.3. The van der Waals surface area contributed by atoms with Crippen LogP contribution in [0, 0.1) is 18.3 Å². The Bertz CT molecular complexity index is 706. The van der Waals surface area contributed by atoms with Gasteiger partial charge in [-0.1, -0.05) is 6.92 Å². The Hall–Kier alpha value is -1.61. The van der Waals surface area contributed by atoms with E-state index < -0.39 is 11.7 Å². The van der Waals surface area contributed by atoms with E-state index in [0.29, 0.717) is 11.3 Å². The molecule has 0 aliphatic rings. The van der Waals surface area contributed by atoms with Gasteiger partial charge in [-0.05, 0) is 31.5 Å². The van der Waals surface area contributed by atoms with E-state index in [-0.39, 0.29) is 17.0 Å². The van der Waals surface area contributed by atoms with Gasteiger partial charge in [0.2, 0.25) is 0 Å². The second kappa shape index (κ2) is 5.64. The number of thiol groups is 1. The van der Waals surface area contributed by atoms with E-state index in [1.54, 1.807) is 19.1 Å². The first kappa shape index (κ1) is 15.8. The van der Waals surface area contributed by atoms with E-state index in [0.717, 1.165) is 12.1 Å². The van der Waals surface area contributed by atoms with Crippen molar-refractivity contribution in [1.29, 1.82) is 5.26 Å². The van der Waals surface area contributed by atoms with Gasteiger partial charge in [-0.25, -0.2) is 0 Å². The third-order valence-corrected chi connectivity index (χ3v) is 4.09. The molecule has 0 N–H and O–H groups in total. The molecule has 0 radical (unpaired) electrons. The van der Waals surface area contributed by atoms with Crippen LogP contribution in [0.5, 0.6) is 0 Å². The van der Waals surface area contributed by atoms with Gasteiger partial charge in [0.25, 0.3) is 0 Å².